The molecule has 1 aromatic rings. The fourth-order valence-electron chi connectivity index (χ4n) is 3.36. The van der Waals surface area contributed by atoms with Crippen LogP contribution in [0.25, 0.3) is 0 Å². The summed E-state index contributed by atoms with van der Waals surface area (Å²) in [6.07, 6.45) is 0.509. The van der Waals surface area contributed by atoms with Gasteiger partial charge in [0.1, 0.15) is 11.3 Å². The zero-order valence-corrected chi connectivity index (χ0v) is 15.1. The molecule has 2 fully saturated rings. The fourth-order valence-corrected chi connectivity index (χ4v) is 3.36. The Morgan fingerprint density at radius 2 is 1.88 bits per heavy atom. The maximum Gasteiger partial charge on any atom is 0.322 e. The molecule has 1 aromatic carbocycles. The van der Waals surface area contributed by atoms with Crippen LogP contribution in [0, 0.1) is 0 Å². The maximum atomic E-state index is 12.5. The number of hydrogen-bond acceptors (Lipinski definition) is 5. The van der Waals surface area contributed by atoms with Gasteiger partial charge in [-0.15, -0.1) is 0 Å². The van der Waals surface area contributed by atoms with Crippen molar-refractivity contribution in [2.45, 2.75) is 25.3 Å². The van der Waals surface area contributed by atoms with E-state index in [-0.39, 0.29) is 24.7 Å². The van der Waals surface area contributed by atoms with Crippen LogP contribution in [-0.2, 0) is 9.59 Å². The predicted molar refractivity (Wildman–Crippen MR) is 96.1 cm³/mol. The van der Waals surface area contributed by atoms with Crippen LogP contribution in [0.5, 0.6) is 5.75 Å². The molecule has 0 bridgehead atoms. The number of benzene rings is 1. The first-order valence-electron chi connectivity index (χ1n) is 8.72. The van der Waals surface area contributed by atoms with Gasteiger partial charge in [0, 0.05) is 32.6 Å². The Hall–Kier alpha value is -2.77. The number of rotatable bonds is 5. The molecule has 0 saturated carbocycles. The SMILES string of the molecule is COc1ccccc1N1CCN(C(=O)CCC2(C)NC(=O)NC2=O)CC1. The van der Waals surface area contributed by atoms with E-state index in [1.807, 2.05) is 29.2 Å². The van der Waals surface area contributed by atoms with Crippen LogP contribution < -0.4 is 20.3 Å². The second-order valence-electron chi connectivity index (χ2n) is 6.78. The van der Waals surface area contributed by atoms with Crippen LogP contribution in [0.15, 0.2) is 24.3 Å². The van der Waals surface area contributed by atoms with Crippen molar-refractivity contribution < 1.29 is 19.1 Å². The summed E-state index contributed by atoms with van der Waals surface area (Å²) in [4.78, 5) is 39.6. The fraction of sp³-hybridized carbons (Fsp3) is 0.500. The molecular formula is C18H24N4O4. The lowest BCUT2D eigenvalue weighted by Crippen LogP contribution is -2.50. The number of carbonyl (C=O) groups is 3. The first-order chi connectivity index (χ1) is 12.4. The first kappa shape index (κ1) is 18.0. The van der Waals surface area contributed by atoms with Crippen molar-refractivity contribution in [1.29, 1.82) is 0 Å². The van der Waals surface area contributed by atoms with Gasteiger partial charge in [0.2, 0.25) is 5.91 Å². The maximum absolute atomic E-state index is 12.5. The Kier molecular flexibility index (Phi) is 5.01. The number of urea groups is 1. The Balaban J connectivity index is 1.52. The third-order valence-corrected chi connectivity index (χ3v) is 5.01. The highest BCUT2D eigenvalue weighted by atomic mass is 16.5. The number of ether oxygens (including phenoxy) is 1. The number of imide groups is 1. The van der Waals surface area contributed by atoms with Gasteiger partial charge < -0.3 is 19.9 Å². The molecule has 0 radical (unpaired) electrons. The lowest BCUT2D eigenvalue weighted by molar-refractivity contribution is -0.132. The number of amides is 4. The van der Waals surface area contributed by atoms with E-state index < -0.39 is 11.6 Å². The molecule has 1 atom stereocenters. The third kappa shape index (κ3) is 3.58. The van der Waals surface area contributed by atoms with Crippen molar-refractivity contribution in [2.24, 2.45) is 0 Å². The predicted octanol–water partition coefficient (Wildman–Crippen LogP) is 0.722. The van der Waals surface area contributed by atoms with E-state index in [9.17, 15) is 14.4 Å². The lowest BCUT2D eigenvalue weighted by Gasteiger charge is -2.37. The molecule has 2 saturated heterocycles. The number of anilines is 1. The van der Waals surface area contributed by atoms with E-state index in [4.69, 9.17) is 4.74 Å². The molecule has 26 heavy (non-hydrogen) atoms. The average molecular weight is 360 g/mol. The van der Waals surface area contributed by atoms with Crippen molar-refractivity contribution in [3.63, 3.8) is 0 Å². The summed E-state index contributed by atoms with van der Waals surface area (Å²) in [6, 6.07) is 7.33. The van der Waals surface area contributed by atoms with Crippen LogP contribution in [-0.4, -0.2) is 61.6 Å². The van der Waals surface area contributed by atoms with Gasteiger partial charge >= 0.3 is 6.03 Å². The molecule has 0 aliphatic carbocycles. The van der Waals surface area contributed by atoms with Gasteiger partial charge in [0.25, 0.3) is 5.91 Å². The molecule has 8 nitrogen and oxygen atoms in total. The summed E-state index contributed by atoms with van der Waals surface area (Å²) in [6.45, 7) is 4.32. The van der Waals surface area contributed by atoms with Crippen LogP contribution in [0.2, 0.25) is 0 Å². The Morgan fingerprint density at radius 3 is 2.50 bits per heavy atom. The molecule has 0 aromatic heterocycles. The molecular weight excluding hydrogens is 336 g/mol. The molecule has 140 valence electrons. The average Bonchev–Trinajstić information content (AvgIpc) is 2.92. The van der Waals surface area contributed by atoms with Gasteiger partial charge in [-0.25, -0.2) is 4.79 Å². The number of carbonyl (C=O) groups excluding carboxylic acids is 3. The second-order valence-corrected chi connectivity index (χ2v) is 6.78. The van der Waals surface area contributed by atoms with Gasteiger partial charge in [-0.3, -0.25) is 14.9 Å². The minimum absolute atomic E-state index is 0.000138. The number of piperazine rings is 1. The van der Waals surface area contributed by atoms with E-state index >= 15 is 0 Å². The minimum atomic E-state index is -1.01. The molecule has 8 heteroatoms. The van der Waals surface area contributed by atoms with Crippen molar-refractivity contribution in [3.05, 3.63) is 24.3 Å². The summed E-state index contributed by atoms with van der Waals surface area (Å²) in [5.74, 6) is 0.444. The molecule has 4 amide bonds. The number of nitrogens with zero attached hydrogens (tertiary/aromatic N) is 2. The van der Waals surface area contributed by atoms with Crippen LogP contribution in [0.1, 0.15) is 19.8 Å². The standard InChI is InChI=1S/C18H24N4O4/c1-18(16(24)19-17(25)20-18)8-7-15(23)22-11-9-21(10-12-22)13-5-3-4-6-14(13)26-2/h3-6H,7-12H2,1-2H3,(H2,19,20,24,25). The molecule has 3 rings (SSSR count). The van der Waals surface area contributed by atoms with E-state index in [1.165, 1.54) is 0 Å². The summed E-state index contributed by atoms with van der Waals surface area (Å²) in [7, 11) is 1.65. The van der Waals surface area contributed by atoms with Crippen molar-refractivity contribution in [2.75, 3.05) is 38.2 Å². The van der Waals surface area contributed by atoms with E-state index in [1.54, 1.807) is 14.0 Å². The Bertz CT molecular complexity index is 715. The van der Waals surface area contributed by atoms with Gasteiger partial charge in [0.15, 0.2) is 0 Å². The largest absolute Gasteiger partial charge is 0.495 e. The summed E-state index contributed by atoms with van der Waals surface area (Å²) in [5.41, 5.74) is 0.0198. The quantitative estimate of drug-likeness (QED) is 0.755. The highest BCUT2D eigenvalue weighted by Crippen LogP contribution is 2.28. The van der Waals surface area contributed by atoms with Gasteiger partial charge in [-0.05, 0) is 25.5 Å². The zero-order valence-electron chi connectivity index (χ0n) is 15.1. The Morgan fingerprint density at radius 1 is 1.19 bits per heavy atom. The van der Waals surface area contributed by atoms with Crippen molar-refractivity contribution >= 4 is 23.5 Å². The van der Waals surface area contributed by atoms with Crippen LogP contribution in [0.4, 0.5) is 10.5 Å². The summed E-state index contributed by atoms with van der Waals surface area (Å²) >= 11 is 0. The molecule has 2 aliphatic rings. The molecule has 2 N–H and O–H groups in total. The smallest absolute Gasteiger partial charge is 0.322 e. The van der Waals surface area contributed by atoms with Crippen molar-refractivity contribution in [1.82, 2.24) is 15.5 Å². The molecule has 0 spiro atoms. The molecule has 2 aliphatic heterocycles. The van der Waals surface area contributed by atoms with Gasteiger partial charge in [-0.2, -0.15) is 0 Å². The van der Waals surface area contributed by atoms with E-state index in [0.29, 0.717) is 13.1 Å². The lowest BCUT2D eigenvalue weighted by atomic mass is 9.96. The number of methoxy groups -OCH3 is 1. The number of para-hydroxylation sites is 2. The first-order valence-corrected chi connectivity index (χ1v) is 8.72. The highest BCUT2D eigenvalue weighted by Gasteiger charge is 2.42. The highest BCUT2D eigenvalue weighted by molar-refractivity contribution is 6.06. The number of hydrogen-bond donors (Lipinski definition) is 2. The van der Waals surface area contributed by atoms with E-state index in [0.717, 1.165) is 24.5 Å². The van der Waals surface area contributed by atoms with Crippen LogP contribution in [0.3, 0.4) is 0 Å². The summed E-state index contributed by atoms with van der Waals surface area (Å²) in [5, 5.41) is 4.80. The monoisotopic (exact) mass is 360 g/mol. The Labute approximate surface area is 152 Å². The second kappa shape index (κ2) is 7.23. The van der Waals surface area contributed by atoms with Crippen LogP contribution >= 0.6 is 0 Å². The third-order valence-electron chi connectivity index (χ3n) is 5.01. The molecule has 1 unspecified atom stereocenters. The van der Waals surface area contributed by atoms with Gasteiger partial charge in [0.05, 0.1) is 12.8 Å². The normalized spacial score (nSPS) is 22.8. The topological polar surface area (TPSA) is 91.0 Å². The van der Waals surface area contributed by atoms with E-state index in [2.05, 4.69) is 15.5 Å². The minimum Gasteiger partial charge on any atom is -0.495 e. The summed E-state index contributed by atoms with van der Waals surface area (Å²) < 4.78 is 5.40. The zero-order chi connectivity index (χ0) is 18.7. The van der Waals surface area contributed by atoms with Gasteiger partial charge in [-0.1, -0.05) is 12.1 Å². The van der Waals surface area contributed by atoms with Crippen molar-refractivity contribution in [3.8, 4) is 5.75 Å². The molecule has 2 heterocycles. The number of nitrogens with one attached hydrogen (secondary N) is 2.